The first kappa shape index (κ1) is 9.02. The van der Waals surface area contributed by atoms with E-state index in [2.05, 4.69) is 4.37 Å². The first-order valence-corrected chi connectivity index (χ1v) is 4.93. The van der Waals surface area contributed by atoms with Crippen molar-refractivity contribution in [2.45, 2.75) is 0 Å². The third kappa shape index (κ3) is 1.70. The van der Waals surface area contributed by atoms with E-state index in [1.54, 1.807) is 7.11 Å². The van der Waals surface area contributed by atoms with Crippen LogP contribution < -0.4 is 10.5 Å². The van der Waals surface area contributed by atoms with Crippen molar-refractivity contribution >= 4 is 17.4 Å². The van der Waals surface area contributed by atoms with Gasteiger partial charge in [-0.3, -0.25) is 0 Å². The number of methoxy groups -OCH3 is 1. The van der Waals surface area contributed by atoms with E-state index in [9.17, 15) is 0 Å². The third-order valence-corrected chi connectivity index (χ3v) is 2.76. The Kier molecular flexibility index (Phi) is 2.37. The van der Waals surface area contributed by atoms with Crippen LogP contribution in [0.3, 0.4) is 0 Å². The minimum Gasteiger partial charge on any atom is -0.497 e. The average Bonchev–Trinajstić information content (AvgIpc) is 2.65. The number of aromatic nitrogens is 1. The molecule has 0 radical (unpaired) electrons. The summed E-state index contributed by atoms with van der Waals surface area (Å²) in [5.41, 5.74) is 6.66. The molecule has 0 saturated carbocycles. The predicted octanol–water partition coefficient (Wildman–Crippen LogP) is 2.40. The predicted molar refractivity (Wildman–Crippen MR) is 58.5 cm³/mol. The molecule has 2 N–H and O–H groups in total. The fourth-order valence-corrected chi connectivity index (χ4v) is 1.85. The van der Waals surface area contributed by atoms with Crippen molar-refractivity contribution in [2.75, 3.05) is 12.8 Å². The smallest absolute Gasteiger partial charge is 0.137 e. The zero-order valence-corrected chi connectivity index (χ0v) is 8.54. The van der Waals surface area contributed by atoms with E-state index in [1.165, 1.54) is 11.5 Å². The van der Waals surface area contributed by atoms with Crippen LogP contribution in [0.1, 0.15) is 0 Å². The number of anilines is 1. The van der Waals surface area contributed by atoms with Crippen molar-refractivity contribution in [2.24, 2.45) is 0 Å². The monoisotopic (exact) mass is 206 g/mol. The Morgan fingerprint density at radius 2 is 2.00 bits per heavy atom. The molecule has 0 bridgehead atoms. The number of rotatable bonds is 2. The topological polar surface area (TPSA) is 48.1 Å². The Balaban J connectivity index is 2.33. The standard InChI is InChI=1S/C10H10N2OS/c1-13-8-4-2-7(3-5-8)9-6-10(11)12-14-9/h2-6H,1H3,(H2,11,12). The molecule has 1 aromatic heterocycles. The van der Waals surface area contributed by atoms with Crippen molar-refractivity contribution in [1.82, 2.24) is 4.37 Å². The minimum absolute atomic E-state index is 0.570. The van der Waals surface area contributed by atoms with Crippen LogP contribution in [0.2, 0.25) is 0 Å². The summed E-state index contributed by atoms with van der Waals surface area (Å²) in [5.74, 6) is 1.42. The van der Waals surface area contributed by atoms with Gasteiger partial charge in [-0.05, 0) is 41.4 Å². The molecular formula is C10H10N2OS. The van der Waals surface area contributed by atoms with Gasteiger partial charge in [-0.1, -0.05) is 0 Å². The van der Waals surface area contributed by atoms with Crippen LogP contribution in [-0.2, 0) is 0 Å². The second-order valence-electron chi connectivity index (χ2n) is 2.84. The van der Waals surface area contributed by atoms with Crippen LogP contribution in [0, 0.1) is 0 Å². The lowest BCUT2D eigenvalue weighted by molar-refractivity contribution is 0.415. The number of hydrogen-bond donors (Lipinski definition) is 1. The van der Waals surface area contributed by atoms with Gasteiger partial charge in [0.2, 0.25) is 0 Å². The van der Waals surface area contributed by atoms with Crippen LogP contribution in [-0.4, -0.2) is 11.5 Å². The largest absolute Gasteiger partial charge is 0.497 e. The highest BCUT2D eigenvalue weighted by atomic mass is 32.1. The molecule has 0 fully saturated rings. The molecular weight excluding hydrogens is 196 g/mol. The Hall–Kier alpha value is -1.55. The normalized spacial score (nSPS) is 10.1. The van der Waals surface area contributed by atoms with Gasteiger partial charge in [-0.15, -0.1) is 0 Å². The molecule has 0 unspecified atom stereocenters. The summed E-state index contributed by atoms with van der Waals surface area (Å²) in [7, 11) is 1.65. The van der Waals surface area contributed by atoms with Crippen molar-refractivity contribution in [3.63, 3.8) is 0 Å². The molecule has 2 rings (SSSR count). The van der Waals surface area contributed by atoms with Gasteiger partial charge in [-0.2, -0.15) is 4.37 Å². The molecule has 0 aliphatic rings. The number of ether oxygens (including phenoxy) is 1. The lowest BCUT2D eigenvalue weighted by Gasteiger charge is -1.99. The minimum atomic E-state index is 0.570. The molecule has 2 aromatic rings. The van der Waals surface area contributed by atoms with E-state index in [-0.39, 0.29) is 0 Å². The average molecular weight is 206 g/mol. The van der Waals surface area contributed by atoms with Crippen LogP contribution in [0.5, 0.6) is 5.75 Å². The maximum absolute atomic E-state index is 5.55. The van der Waals surface area contributed by atoms with Crippen molar-refractivity contribution in [3.05, 3.63) is 30.3 Å². The van der Waals surface area contributed by atoms with E-state index >= 15 is 0 Å². The van der Waals surface area contributed by atoms with E-state index in [0.717, 1.165) is 16.2 Å². The van der Waals surface area contributed by atoms with Gasteiger partial charge in [0.1, 0.15) is 11.6 Å². The first-order chi connectivity index (χ1) is 6.79. The maximum Gasteiger partial charge on any atom is 0.137 e. The second-order valence-corrected chi connectivity index (χ2v) is 3.65. The highest BCUT2D eigenvalue weighted by Crippen LogP contribution is 2.27. The number of nitrogens with two attached hydrogens (primary N) is 1. The van der Waals surface area contributed by atoms with Crippen molar-refractivity contribution < 1.29 is 4.74 Å². The van der Waals surface area contributed by atoms with Gasteiger partial charge >= 0.3 is 0 Å². The zero-order valence-electron chi connectivity index (χ0n) is 7.73. The van der Waals surface area contributed by atoms with Gasteiger partial charge in [0.25, 0.3) is 0 Å². The summed E-state index contributed by atoms with van der Waals surface area (Å²) in [5, 5.41) is 0. The molecule has 1 heterocycles. The van der Waals surface area contributed by atoms with Gasteiger partial charge in [0.15, 0.2) is 0 Å². The SMILES string of the molecule is COc1ccc(-c2cc(N)ns2)cc1. The van der Waals surface area contributed by atoms with Crippen molar-refractivity contribution in [3.8, 4) is 16.2 Å². The highest BCUT2D eigenvalue weighted by molar-refractivity contribution is 7.09. The Morgan fingerprint density at radius 3 is 2.50 bits per heavy atom. The van der Waals surface area contributed by atoms with E-state index in [1.807, 2.05) is 30.3 Å². The molecule has 4 heteroatoms. The van der Waals surface area contributed by atoms with Gasteiger partial charge in [0.05, 0.1) is 12.0 Å². The fraction of sp³-hybridized carbons (Fsp3) is 0.100. The highest BCUT2D eigenvalue weighted by Gasteiger charge is 2.01. The molecule has 14 heavy (non-hydrogen) atoms. The van der Waals surface area contributed by atoms with E-state index in [0.29, 0.717) is 5.82 Å². The van der Waals surface area contributed by atoms with E-state index in [4.69, 9.17) is 10.5 Å². The molecule has 1 aromatic carbocycles. The Morgan fingerprint density at radius 1 is 1.29 bits per heavy atom. The molecule has 0 aliphatic carbocycles. The van der Waals surface area contributed by atoms with Gasteiger partial charge in [0, 0.05) is 6.07 Å². The summed E-state index contributed by atoms with van der Waals surface area (Å²) in [4.78, 5) is 1.07. The van der Waals surface area contributed by atoms with Crippen LogP contribution in [0.4, 0.5) is 5.82 Å². The van der Waals surface area contributed by atoms with Gasteiger partial charge in [-0.25, -0.2) is 0 Å². The molecule has 3 nitrogen and oxygen atoms in total. The summed E-state index contributed by atoms with van der Waals surface area (Å²) in [6.07, 6.45) is 0. The zero-order chi connectivity index (χ0) is 9.97. The number of nitrogen functional groups attached to an aromatic ring is 1. The summed E-state index contributed by atoms with van der Waals surface area (Å²) in [6.45, 7) is 0. The number of nitrogens with zero attached hydrogens (tertiary/aromatic N) is 1. The lowest BCUT2D eigenvalue weighted by Crippen LogP contribution is -1.81. The summed E-state index contributed by atoms with van der Waals surface area (Å²) in [6, 6.07) is 9.69. The third-order valence-electron chi connectivity index (χ3n) is 1.90. The molecule has 0 atom stereocenters. The van der Waals surface area contributed by atoms with E-state index < -0.39 is 0 Å². The molecule has 0 aliphatic heterocycles. The summed E-state index contributed by atoms with van der Waals surface area (Å²) >= 11 is 1.40. The second kappa shape index (κ2) is 3.67. The maximum atomic E-state index is 5.55. The summed E-state index contributed by atoms with van der Waals surface area (Å²) < 4.78 is 9.10. The Bertz CT molecular complexity index is 422. The lowest BCUT2D eigenvalue weighted by atomic mass is 10.2. The first-order valence-electron chi connectivity index (χ1n) is 4.16. The van der Waals surface area contributed by atoms with Crippen LogP contribution >= 0.6 is 11.5 Å². The number of benzene rings is 1. The van der Waals surface area contributed by atoms with Crippen molar-refractivity contribution in [1.29, 1.82) is 0 Å². The molecule has 0 amide bonds. The van der Waals surface area contributed by atoms with Crippen LogP contribution in [0.25, 0.3) is 10.4 Å². The molecule has 0 spiro atoms. The molecule has 72 valence electrons. The molecule has 0 saturated heterocycles. The fourth-order valence-electron chi connectivity index (χ4n) is 1.18. The van der Waals surface area contributed by atoms with Crippen LogP contribution in [0.15, 0.2) is 30.3 Å². The van der Waals surface area contributed by atoms with Gasteiger partial charge < -0.3 is 10.5 Å². The Labute approximate surface area is 86.3 Å². The quantitative estimate of drug-likeness (QED) is 0.820. The number of hydrogen-bond acceptors (Lipinski definition) is 4.